The van der Waals surface area contributed by atoms with Crippen molar-refractivity contribution in [2.45, 2.75) is 32.1 Å². The molecule has 0 bridgehead atoms. The monoisotopic (exact) mass is 302 g/mol. The van der Waals surface area contributed by atoms with Gasteiger partial charge in [-0.1, -0.05) is 45.0 Å². The molecule has 0 saturated heterocycles. The van der Waals surface area contributed by atoms with Crippen LogP contribution >= 0.6 is 11.6 Å². The van der Waals surface area contributed by atoms with E-state index in [9.17, 15) is 4.79 Å². The fourth-order valence-corrected chi connectivity index (χ4v) is 2.10. The Bertz CT molecular complexity index is 607. The zero-order valence-corrected chi connectivity index (χ0v) is 13.3. The van der Waals surface area contributed by atoms with E-state index in [1.807, 2.05) is 36.4 Å². The van der Waals surface area contributed by atoms with Crippen LogP contribution in [0.5, 0.6) is 5.75 Å². The summed E-state index contributed by atoms with van der Waals surface area (Å²) in [6.45, 7) is 6.44. The number of alkyl halides is 1. The summed E-state index contributed by atoms with van der Waals surface area (Å²) < 4.78 is 5.37. The molecule has 0 spiro atoms. The highest BCUT2D eigenvalue weighted by atomic mass is 35.5. The topological polar surface area (TPSA) is 26.3 Å². The highest BCUT2D eigenvalue weighted by Crippen LogP contribution is 2.24. The molecule has 110 valence electrons. The quantitative estimate of drug-likeness (QED) is 0.456. The van der Waals surface area contributed by atoms with Gasteiger partial charge in [0.1, 0.15) is 5.75 Å². The highest BCUT2D eigenvalue weighted by Gasteiger charge is 2.14. The van der Waals surface area contributed by atoms with Gasteiger partial charge < -0.3 is 4.74 Å². The molecule has 0 aliphatic heterocycles. The van der Waals surface area contributed by atoms with Gasteiger partial charge in [-0.05, 0) is 40.8 Å². The lowest BCUT2D eigenvalue weighted by atomic mass is 9.87. The van der Waals surface area contributed by atoms with Gasteiger partial charge in [0, 0.05) is 5.88 Å². The van der Waals surface area contributed by atoms with Gasteiger partial charge in [0.25, 0.3) is 0 Å². The van der Waals surface area contributed by atoms with Crippen molar-refractivity contribution in [1.82, 2.24) is 0 Å². The molecule has 0 fully saturated rings. The molecule has 0 aliphatic carbocycles. The Morgan fingerprint density at radius 2 is 1.57 bits per heavy atom. The van der Waals surface area contributed by atoms with Gasteiger partial charge in [-0.15, -0.1) is 11.6 Å². The Hall–Kier alpha value is -1.80. The molecule has 0 unspecified atom stereocenters. The number of hydrogen-bond donors (Lipinski definition) is 0. The van der Waals surface area contributed by atoms with Crippen LogP contribution in [0.15, 0.2) is 48.5 Å². The van der Waals surface area contributed by atoms with E-state index < -0.39 is 0 Å². The van der Waals surface area contributed by atoms with Crippen LogP contribution in [0.4, 0.5) is 0 Å². The molecule has 0 radical (unpaired) electrons. The Kier molecular flexibility index (Phi) is 4.69. The predicted octanol–water partition coefficient (Wildman–Crippen LogP) is 4.94. The molecule has 0 aromatic heterocycles. The molecule has 0 aliphatic rings. The number of carbonyl (C=O) groups is 1. The van der Waals surface area contributed by atoms with Gasteiger partial charge in [-0.25, -0.2) is 4.79 Å². The molecule has 2 aromatic carbocycles. The summed E-state index contributed by atoms with van der Waals surface area (Å²) in [4.78, 5) is 12.0. The van der Waals surface area contributed by atoms with Crippen LogP contribution in [0.1, 0.15) is 42.3 Å². The molecule has 3 heteroatoms. The summed E-state index contributed by atoms with van der Waals surface area (Å²) in [6.07, 6.45) is 0. The fourth-order valence-electron chi connectivity index (χ4n) is 1.92. The Morgan fingerprint density at radius 3 is 2.05 bits per heavy atom. The summed E-state index contributed by atoms with van der Waals surface area (Å²) in [7, 11) is 0. The van der Waals surface area contributed by atoms with E-state index in [1.165, 1.54) is 5.56 Å². The first-order chi connectivity index (χ1) is 9.90. The second-order valence-corrected chi connectivity index (χ2v) is 6.26. The predicted molar refractivity (Wildman–Crippen MR) is 86.1 cm³/mol. The Morgan fingerprint density at radius 1 is 1.00 bits per heavy atom. The zero-order valence-electron chi connectivity index (χ0n) is 12.5. The standard InChI is InChI=1S/C18H19ClO2/c1-18(2,3)15-8-10-16(11-9-15)21-17(20)14-6-4-13(12-19)5-7-14/h4-11H,12H2,1-3H3. The van der Waals surface area contributed by atoms with Crippen LogP contribution in [0.3, 0.4) is 0 Å². The van der Waals surface area contributed by atoms with Crippen molar-refractivity contribution in [3.05, 3.63) is 65.2 Å². The van der Waals surface area contributed by atoms with Crippen molar-refractivity contribution in [2.75, 3.05) is 0 Å². The van der Waals surface area contributed by atoms with Gasteiger partial charge in [-0.3, -0.25) is 0 Å². The van der Waals surface area contributed by atoms with Gasteiger partial charge in [0.15, 0.2) is 0 Å². The number of carbonyl (C=O) groups excluding carboxylic acids is 1. The third-order valence-corrected chi connectivity index (χ3v) is 3.58. The number of rotatable bonds is 3. The molecule has 0 atom stereocenters. The minimum atomic E-state index is -0.361. The van der Waals surface area contributed by atoms with Gasteiger partial charge in [-0.2, -0.15) is 0 Å². The molecule has 2 aromatic rings. The third kappa shape index (κ3) is 4.08. The molecular formula is C18H19ClO2. The van der Waals surface area contributed by atoms with Gasteiger partial charge in [0.2, 0.25) is 0 Å². The first-order valence-corrected chi connectivity index (χ1v) is 7.41. The molecule has 0 amide bonds. The summed E-state index contributed by atoms with van der Waals surface area (Å²) in [6, 6.07) is 14.7. The lowest BCUT2D eigenvalue weighted by Crippen LogP contribution is -2.11. The van der Waals surface area contributed by atoms with Crippen molar-refractivity contribution in [2.24, 2.45) is 0 Å². The van der Waals surface area contributed by atoms with E-state index in [-0.39, 0.29) is 11.4 Å². The van der Waals surface area contributed by atoms with Crippen molar-refractivity contribution >= 4 is 17.6 Å². The normalized spacial score (nSPS) is 11.2. The minimum absolute atomic E-state index is 0.0833. The molecule has 0 saturated carbocycles. The van der Waals surface area contributed by atoms with Crippen LogP contribution in [-0.4, -0.2) is 5.97 Å². The average Bonchev–Trinajstić information content (AvgIpc) is 2.47. The van der Waals surface area contributed by atoms with Crippen LogP contribution in [-0.2, 0) is 11.3 Å². The van der Waals surface area contributed by atoms with E-state index >= 15 is 0 Å². The number of esters is 1. The molecule has 2 nitrogen and oxygen atoms in total. The van der Waals surface area contributed by atoms with Gasteiger partial charge in [0.05, 0.1) is 5.56 Å². The molecule has 2 rings (SSSR count). The number of hydrogen-bond acceptors (Lipinski definition) is 2. The summed E-state index contributed by atoms with van der Waals surface area (Å²) >= 11 is 5.72. The average molecular weight is 303 g/mol. The SMILES string of the molecule is CC(C)(C)c1ccc(OC(=O)c2ccc(CCl)cc2)cc1. The lowest BCUT2D eigenvalue weighted by Gasteiger charge is -2.19. The summed E-state index contributed by atoms with van der Waals surface area (Å²) in [5.41, 5.74) is 2.78. The van der Waals surface area contributed by atoms with Crippen molar-refractivity contribution in [1.29, 1.82) is 0 Å². The Labute approximate surface area is 130 Å². The number of ether oxygens (including phenoxy) is 1. The van der Waals surface area contributed by atoms with Crippen molar-refractivity contribution in [3.63, 3.8) is 0 Å². The second kappa shape index (κ2) is 6.31. The van der Waals surface area contributed by atoms with Crippen molar-refractivity contribution < 1.29 is 9.53 Å². The first kappa shape index (κ1) is 15.6. The maximum absolute atomic E-state index is 12.0. The van der Waals surface area contributed by atoms with E-state index in [4.69, 9.17) is 16.3 Å². The maximum atomic E-state index is 12.0. The highest BCUT2D eigenvalue weighted by molar-refractivity contribution is 6.17. The Balaban J connectivity index is 2.08. The van der Waals surface area contributed by atoms with E-state index in [2.05, 4.69) is 20.8 Å². The fraction of sp³-hybridized carbons (Fsp3) is 0.278. The number of benzene rings is 2. The van der Waals surface area contributed by atoms with Gasteiger partial charge >= 0.3 is 5.97 Å². The largest absolute Gasteiger partial charge is 0.423 e. The molecule has 0 N–H and O–H groups in total. The molecule has 0 heterocycles. The van der Waals surface area contributed by atoms with Crippen LogP contribution in [0, 0.1) is 0 Å². The maximum Gasteiger partial charge on any atom is 0.343 e. The van der Waals surface area contributed by atoms with E-state index in [0.29, 0.717) is 17.2 Å². The minimum Gasteiger partial charge on any atom is -0.423 e. The summed E-state index contributed by atoms with van der Waals surface area (Å²) in [5.74, 6) is 0.623. The first-order valence-electron chi connectivity index (χ1n) is 6.88. The van der Waals surface area contributed by atoms with Crippen LogP contribution in [0.2, 0.25) is 0 Å². The van der Waals surface area contributed by atoms with E-state index in [0.717, 1.165) is 5.56 Å². The molecule has 21 heavy (non-hydrogen) atoms. The van der Waals surface area contributed by atoms with Crippen molar-refractivity contribution in [3.8, 4) is 5.75 Å². The third-order valence-electron chi connectivity index (χ3n) is 3.27. The molecular weight excluding hydrogens is 284 g/mol. The summed E-state index contributed by atoms with van der Waals surface area (Å²) in [5, 5.41) is 0. The van der Waals surface area contributed by atoms with Crippen LogP contribution < -0.4 is 4.74 Å². The van der Waals surface area contributed by atoms with E-state index in [1.54, 1.807) is 12.1 Å². The lowest BCUT2D eigenvalue weighted by molar-refractivity contribution is 0.0734. The smallest absolute Gasteiger partial charge is 0.343 e. The second-order valence-electron chi connectivity index (χ2n) is 5.99. The zero-order chi connectivity index (χ0) is 15.5. The number of halogens is 1. The van der Waals surface area contributed by atoms with Crippen LogP contribution in [0.25, 0.3) is 0 Å².